The van der Waals surface area contributed by atoms with Gasteiger partial charge in [-0.25, -0.2) is 0 Å². The zero-order valence-corrected chi connectivity index (χ0v) is 14.4. The first-order chi connectivity index (χ1) is 11.6. The summed E-state index contributed by atoms with van der Waals surface area (Å²) < 4.78 is 6.17. The number of nitrogens with zero attached hydrogens (tertiary/aromatic N) is 1. The molecule has 24 heavy (non-hydrogen) atoms. The van der Waals surface area contributed by atoms with Gasteiger partial charge in [-0.05, 0) is 29.9 Å². The lowest BCUT2D eigenvalue weighted by Crippen LogP contribution is -2.12. The molecule has 2 nitrogen and oxygen atoms in total. The molecule has 0 radical (unpaired) electrons. The third-order valence-corrected chi connectivity index (χ3v) is 5.06. The highest BCUT2D eigenvalue weighted by molar-refractivity contribution is 6.09. The molecule has 0 aliphatic carbocycles. The Hall–Kier alpha value is -2.48. The number of rotatable bonds is 2. The summed E-state index contributed by atoms with van der Waals surface area (Å²) in [5.74, 6) is 1.71. The summed E-state index contributed by atoms with van der Waals surface area (Å²) in [4.78, 5) is 2.18. The van der Waals surface area contributed by atoms with Crippen LogP contribution in [0.3, 0.4) is 0 Å². The summed E-state index contributed by atoms with van der Waals surface area (Å²) in [6.07, 6.45) is 8.99. The van der Waals surface area contributed by atoms with Crippen LogP contribution in [0.5, 0.6) is 0 Å². The Morgan fingerprint density at radius 1 is 0.917 bits per heavy atom. The van der Waals surface area contributed by atoms with E-state index >= 15 is 0 Å². The fourth-order valence-electron chi connectivity index (χ4n) is 3.70. The number of fused-ring (bicyclic) bond motifs is 3. The van der Waals surface area contributed by atoms with Crippen molar-refractivity contribution in [1.29, 1.82) is 0 Å². The first-order valence-electron chi connectivity index (χ1n) is 8.70. The second kappa shape index (κ2) is 5.86. The molecule has 0 spiro atoms. The second-order valence-electron chi connectivity index (χ2n) is 7.02. The average Bonchev–Trinajstić information content (AvgIpc) is 2.85. The Labute approximate surface area is 143 Å². The molecule has 0 amide bonds. The van der Waals surface area contributed by atoms with E-state index < -0.39 is 0 Å². The maximum atomic E-state index is 6.17. The molecule has 1 aliphatic heterocycles. The third kappa shape index (κ3) is 2.43. The summed E-state index contributed by atoms with van der Waals surface area (Å²) in [5.41, 5.74) is 2.98. The van der Waals surface area contributed by atoms with Crippen LogP contribution in [0.25, 0.3) is 21.9 Å². The lowest BCUT2D eigenvalue weighted by Gasteiger charge is -2.20. The zero-order valence-electron chi connectivity index (χ0n) is 14.4. The number of hydrogen-bond acceptors (Lipinski definition) is 2. The van der Waals surface area contributed by atoms with E-state index in [4.69, 9.17) is 4.42 Å². The van der Waals surface area contributed by atoms with Gasteiger partial charge in [0.15, 0.2) is 5.58 Å². The molecule has 0 N–H and O–H groups in total. The molecule has 2 heteroatoms. The van der Waals surface area contributed by atoms with Crippen LogP contribution in [0.2, 0.25) is 0 Å². The van der Waals surface area contributed by atoms with E-state index in [1.165, 1.54) is 10.8 Å². The molecule has 122 valence electrons. The van der Waals surface area contributed by atoms with E-state index in [-0.39, 0.29) is 0 Å². The number of allylic oxidation sites excluding steroid dienone is 2. The normalized spacial score (nSPS) is 21.1. The minimum atomic E-state index is 0.529. The highest BCUT2D eigenvalue weighted by Crippen LogP contribution is 2.36. The van der Waals surface area contributed by atoms with E-state index in [2.05, 4.69) is 80.6 Å². The van der Waals surface area contributed by atoms with Crippen LogP contribution >= 0.6 is 0 Å². The Kier molecular flexibility index (Phi) is 3.68. The molecule has 0 saturated carbocycles. The minimum Gasteiger partial charge on any atom is -0.454 e. The van der Waals surface area contributed by atoms with Crippen molar-refractivity contribution in [3.8, 4) is 0 Å². The van der Waals surface area contributed by atoms with Crippen molar-refractivity contribution in [3.63, 3.8) is 0 Å². The van der Waals surface area contributed by atoms with Crippen LogP contribution in [0.4, 0.5) is 5.69 Å². The monoisotopic (exact) mass is 317 g/mol. The molecule has 2 aromatic carbocycles. The number of hydrogen-bond donors (Lipinski definition) is 0. The lowest BCUT2D eigenvalue weighted by atomic mass is 9.85. The molecule has 2 unspecified atom stereocenters. The quantitative estimate of drug-likeness (QED) is 0.548. The number of anilines is 1. The Bertz CT molecular complexity index is 931. The van der Waals surface area contributed by atoms with Crippen LogP contribution in [-0.2, 0) is 0 Å². The van der Waals surface area contributed by atoms with E-state index in [0.717, 1.165) is 16.9 Å². The molecular formula is C22H23NO. The Balaban J connectivity index is 1.85. The first kappa shape index (κ1) is 15.1. The van der Waals surface area contributed by atoms with Crippen LogP contribution in [0.1, 0.15) is 20.8 Å². The van der Waals surface area contributed by atoms with Crippen molar-refractivity contribution >= 4 is 27.6 Å². The number of furan rings is 1. The second-order valence-corrected chi connectivity index (χ2v) is 7.02. The van der Waals surface area contributed by atoms with E-state index in [1.807, 2.05) is 12.1 Å². The fraction of sp³-hybridized carbons (Fsp3) is 0.273. The van der Waals surface area contributed by atoms with E-state index in [9.17, 15) is 0 Å². The van der Waals surface area contributed by atoms with Gasteiger partial charge in [-0.2, -0.15) is 0 Å². The molecule has 0 saturated heterocycles. The highest BCUT2D eigenvalue weighted by Gasteiger charge is 2.20. The van der Waals surface area contributed by atoms with E-state index in [0.29, 0.717) is 17.8 Å². The number of benzene rings is 2. The summed E-state index contributed by atoms with van der Waals surface area (Å²) in [6, 6.07) is 14.6. The molecule has 0 fully saturated rings. The lowest BCUT2D eigenvalue weighted by molar-refractivity contribution is 0.386. The maximum absolute atomic E-state index is 6.17. The van der Waals surface area contributed by atoms with Crippen molar-refractivity contribution in [3.05, 3.63) is 67.0 Å². The van der Waals surface area contributed by atoms with Crippen LogP contribution in [0.15, 0.2) is 71.4 Å². The predicted molar refractivity (Wildman–Crippen MR) is 102 cm³/mol. The van der Waals surface area contributed by atoms with Gasteiger partial charge in [0.2, 0.25) is 0 Å². The standard InChI is InChI=1S/C22H23NO/c1-15(2)17-12-14-23(13-11-16(17)3)20-9-6-8-19-18-7-4-5-10-21(18)24-22(19)20/h4-17H,1-3H3. The smallest absolute Gasteiger partial charge is 0.159 e. The third-order valence-electron chi connectivity index (χ3n) is 5.06. The molecule has 1 aromatic heterocycles. The van der Waals surface area contributed by atoms with Crippen molar-refractivity contribution in [2.75, 3.05) is 4.90 Å². The van der Waals surface area contributed by atoms with Gasteiger partial charge in [-0.1, -0.05) is 63.3 Å². The van der Waals surface area contributed by atoms with Gasteiger partial charge in [-0.3, -0.25) is 0 Å². The maximum Gasteiger partial charge on any atom is 0.159 e. The largest absolute Gasteiger partial charge is 0.454 e. The van der Waals surface area contributed by atoms with Crippen LogP contribution in [-0.4, -0.2) is 0 Å². The SMILES string of the molecule is CC(C)C1C=CN(c2cccc3c2oc2ccccc23)C=CC1C. The van der Waals surface area contributed by atoms with Crippen molar-refractivity contribution in [2.45, 2.75) is 20.8 Å². The fourth-order valence-corrected chi connectivity index (χ4v) is 3.70. The van der Waals surface area contributed by atoms with Crippen molar-refractivity contribution < 1.29 is 4.42 Å². The molecule has 2 atom stereocenters. The topological polar surface area (TPSA) is 16.4 Å². The first-order valence-corrected chi connectivity index (χ1v) is 8.70. The Morgan fingerprint density at radius 2 is 1.67 bits per heavy atom. The van der Waals surface area contributed by atoms with Gasteiger partial charge in [0, 0.05) is 23.2 Å². The van der Waals surface area contributed by atoms with Gasteiger partial charge < -0.3 is 9.32 Å². The van der Waals surface area contributed by atoms with Crippen molar-refractivity contribution in [2.24, 2.45) is 17.8 Å². The molecule has 3 aromatic rings. The zero-order chi connectivity index (χ0) is 16.7. The van der Waals surface area contributed by atoms with Gasteiger partial charge in [0.1, 0.15) is 5.58 Å². The summed E-state index contributed by atoms with van der Waals surface area (Å²) >= 11 is 0. The van der Waals surface area contributed by atoms with Crippen LogP contribution in [0, 0.1) is 17.8 Å². The van der Waals surface area contributed by atoms with Gasteiger partial charge >= 0.3 is 0 Å². The summed E-state index contributed by atoms with van der Waals surface area (Å²) in [6.45, 7) is 6.86. The van der Waals surface area contributed by atoms with Gasteiger partial charge in [0.05, 0.1) is 5.69 Å². The average molecular weight is 317 g/mol. The predicted octanol–water partition coefficient (Wildman–Crippen LogP) is 6.34. The summed E-state index contributed by atoms with van der Waals surface area (Å²) in [5, 5.41) is 2.34. The molecule has 0 bridgehead atoms. The minimum absolute atomic E-state index is 0.529. The number of para-hydroxylation sites is 2. The molecule has 2 heterocycles. The van der Waals surface area contributed by atoms with Crippen molar-refractivity contribution in [1.82, 2.24) is 0 Å². The van der Waals surface area contributed by atoms with Crippen LogP contribution < -0.4 is 4.90 Å². The highest BCUT2D eigenvalue weighted by atomic mass is 16.3. The van der Waals surface area contributed by atoms with Gasteiger partial charge in [-0.15, -0.1) is 0 Å². The molecule has 1 aliphatic rings. The molecular weight excluding hydrogens is 294 g/mol. The Morgan fingerprint density at radius 3 is 2.50 bits per heavy atom. The van der Waals surface area contributed by atoms with Gasteiger partial charge in [0.25, 0.3) is 0 Å². The molecule has 4 rings (SSSR count). The summed E-state index contributed by atoms with van der Waals surface area (Å²) in [7, 11) is 0. The van der Waals surface area contributed by atoms with E-state index in [1.54, 1.807) is 0 Å².